The third-order valence-corrected chi connectivity index (χ3v) is 1.06. The van der Waals surface area contributed by atoms with Gasteiger partial charge in [-0.05, 0) is 19.6 Å². The minimum Gasteiger partial charge on any atom is -0.444 e. The van der Waals surface area contributed by atoms with E-state index in [4.69, 9.17) is 4.74 Å². The van der Waals surface area contributed by atoms with Crippen molar-refractivity contribution in [1.29, 1.82) is 0 Å². The van der Waals surface area contributed by atoms with Gasteiger partial charge in [0.05, 0.1) is 6.34 Å². The smallest absolute Gasteiger partial charge is 0.212 e. The fraction of sp³-hybridized carbons (Fsp3) is 0.300. The van der Waals surface area contributed by atoms with Gasteiger partial charge in [-0.25, -0.2) is 4.99 Å². The Morgan fingerprint density at radius 1 is 1.46 bits per heavy atom. The first-order chi connectivity index (χ1) is 6.06. The number of ether oxygens (including phenoxy) is 1. The minimum atomic E-state index is 0.365. The van der Waals surface area contributed by atoms with Gasteiger partial charge < -0.3 is 9.64 Å². The Kier molecular flexibility index (Phi) is 5.35. The van der Waals surface area contributed by atoms with Crippen LogP contribution in [0.4, 0.5) is 0 Å². The summed E-state index contributed by atoms with van der Waals surface area (Å²) in [6.45, 7) is 8.99. The van der Waals surface area contributed by atoms with E-state index in [0.29, 0.717) is 5.88 Å². The monoisotopic (exact) mass is 180 g/mol. The van der Waals surface area contributed by atoms with Crippen LogP contribution in [-0.4, -0.2) is 25.3 Å². The Balaban J connectivity index is 4.02. The lowest BCUT2D eigenvalue weighted by atomic mass is 10.5. The van der Waals surface area contributed by atoms with Gasteiger partial charge in [-0.15, -0.1) is 0 Å². The molecule has 0 spiro atoms. The van der Waals surface area contributed by atoms with Gasteiger partial charge in [0, 0.05) is 14.1 Å². The predicted molar refractivity (Wildman–Crippen MR) is 56.4 cm³/mol. The molecule has 0 N–H and O–H groups in total. The maximum absolute atomic E-state index is 5.21. The Morgan fingerprint density at radius 3 is 2.54 bits per heavy atom. The quantitative estimate of drug-likeness (QED) is 0.280. The fourth-order valence-corrected chi connectivity index (χ4v) is 0.592. The van der Waals surface area contributed by atoms with E-state index >= 15 is 0 Å². The number of hydrogen-bond acceptors (Lipinski definition) is 2. The molecule has 0 atom stereocenters. The summed E-state index contributed by atoms with van der Waals surface area (Å²) in [5, 5.41) is 0. The van der Waals surface area contributed by atoms with Gasteiger partial charge in [-0.1, -0.05) is 12.7 Å². The zero-order chi connectivity index (χ0) is 10.3. The van der Waals surface area contributed by atoms with Crippen LogP contribution in [-0.2, 0) is 4.74 Å². The molecule has 0 aromatic carbocycles. The second-order valence-corrected chi connectivity index (χ2v) is 2.72. The van der Waals surface area contributed by atoms with Crippen LogP contribution < -0.4 is 0 Å². The number of nitrogens with zero attached hydrogens (tertiary/aromatic N) is 2. The summed E-state index contributed by atoms with van der Waals surface area (Å²) in [5.74, 6) is 1.08. The van der Waals surface area contributed by atoms with Crippen LogP contribution in [0, 0.1) is 0 Å². The standard InChI is InChI=1S/C10H16N2O/c1-6-7-9(2)13-10(3)11-8-12(4)5/h6-8H,1,3H2,2,4-5H3/b9-7+,11-8-. The van der Waals surface area contributed by atoms with E-state index in [-0.39, 0.29) is 0 Å². The summed E-state index contributed by atoms with van der Waals surface area (Å²) < 4.78 is 5.21. The molecule has 3 nitrogen and oxygen atoms in total. The summed E-state index contributed by atoms with van der Waals surface area (Å²) in [6.07, 6.45) is 5.03. The van der Waals surface area contributed by atoms with E-state index in [1.54, 1.807) is 23.4 Å². The third kappa shape index (κ3) is 6.87. The van der Waals surface area contributed by atoms with Gasteiger partial charge >= 0.3 is 0 Å². The van der Waals surface area contributed by atoms with Crippen molar-refractivity contribution in [1.82, 2.24) is 4.90 Å². The summed E-state index contributed by atoms with van der Waals surface area (Å²) >= 11 is 0. The number of allylic oxidation sites excluding steroid dienone is 3. The molecule has 0 saturated carbocycles. The summed E-state index contributed by atoms with van der Waals surface area (Å²) in [6, 6.07) is 0. The zero-order valence-corrected chi connectivity index (χ0v) is 8.45. The van der Waals surface area contributed by atoms with Crippen LogP contribution in [0.2, 0.25) is 0 Å². The first kappa shape index (κ1) is 11.5. The minimum absolute atomic E-state index is 0.365. The highest BCUT2D eigenvalue weighted by atomic mass is 16.5. The Bertz CT molecular complexity index is 239. The summed E-state index contributed by atoms with van der Waals surface area (Å²) in [4.78, 5) is 5.76. The summed E-state index contributed by atoms with van der Waals surface area (Å²) in [5.41, 5.74) is 0. The molecule has 0 heterocycles. The van der Waals surface area contributed by atoms with Gasteiger partial charge in [0.2, 0.25) is 5.88 Å². The Hall–Kier alpha value is -1.51. The first-order valence-corrected chi connectivity index (χ1v) is 3.93. The highest BCUT2D eigenvalue weighted by molar-refractivity contribution is 5.55. The van der Waals surface area contributed by atoms with Crippen LogP contribution in [0.1, 0.15) is 6.92 Å². The molecular weight excluding hydrogens is 164 g/mol. The molecule has 0 fully saturated rings. The SMILES string of the molecule is C=C/C=C(\C)OC(=C)/N=C\N(C)C. The maximum Gasteiger partial charge on any atom is 0.212 e. The molecule has 0 aliphatic heterocycles. The molecule has 0 aromatic rings. The van der Waals surface area contributed by atoms with Gasteiger partial charge in [0.25, 0.3) is 0 Å². The molecule has 3 heteroatoms. The maximum atomic E-state index is 5.21. The predicted octanol–water partition coefficient (Wildman–Crippen LogP) is 2.15. The first-order valence-electron chi connectivity index (χ1n) is 3.93. The lowest BCUT2D eigenvalue weighted by molar-refractivity contribution is 0.305. The van der Waals surface area contributed by atoms with E-state index in [1.165, 1.54) is 0 Å². The average Bonchev–Trinajstić information content (AvgIpc) is 2.01. The van der Waals surface area contributed by atoms with Crippen molar-refractivity contribution in [2.45, 2.75) is 6.92 Å². The Labute approximate surface area is 79.7 Å². The van der Waals surface area contributed by atoms with E-state index < -0.39 is 0 Å². The highest BCUT2D eigenvalue weighted by Crippen LogP contribution is 2.04. The largest absolute Gasteiger partial charge is 0.444 e. The van der Waals surface area contributed by atoms with Crippen molar-refractivity contribution in [2.24, 2.45) is 4.99 Å². The van der Waals surface area contributed by atoms with Crippen LogP contribution in [0.15, 0.2) is 41.9 Å². The van der Waals surface area contributed by atoms with E-state index in [9.17, 15) is 0 Å². The molecule has 72 valence electrons. The molecule has 0 rings (SSSR count). The molecule has 0 bridgehead atoms. The summed E-state index contributed by atoms with van der Waals surface area (Å²) in [7, 11) is 3.76. The van der Waals surface area contributed by atoms with Crippen LogP contribution in [0.25, 0.3) is 0 Å². The van der Waals surface area contributed by atoms with Crippen molar-refractivity contribution >= 4 is 6.34 Å². The molecule has 0 radical (unpaired) electrons. The molecule has 0 amide bonds. The van der Waals surface area contributed by atoms with Crippen molar-refractivity contribution in [2.75, 3.05) is 14.1 Å². The van der Waals surface area contributed by atoms with Crippen LogP contribution in [0.5, 0.6) is 0 Å². The average molecular weight is 180 g/mol. The zero-order valence-electron chi connectivity index (χ0n) is 8.45. The van der Waals surface area contributed by atoms with Crippen LogP contribution >= 0.6 is 0 Å². The van der Waals surface area contributed by atoms with E-state index in [0.717, 1.165) is 5.76 Å². The number of rotatable bonds is 5. The number of hydrogen-bond donors (Lipinski definition) is 0. The second kappa shape index (κ2) is 6.06. The van der Waals surface area contributed by atoms with Crippen molar-refractivity contribution in [3.05, 3.63) is 37.0 Å². The normalized spacial score (nSPS) is 11.5. The van der Waals surface area contributed by atoms with Gasteiger partial charge in [-0.2, -0.15) is 0 Å². The van der Waals surface area contributed by atoms with E-state index in [1.807, 2.05) is 21.0 Å². The lowest BCUT2D eigenvalue weighted by Gasteiger charge is -2.05. The van der Waals surface area contributed by atoms with Crippen LogP contribution in [0.3, 0.4) is 0 Å². The molecule has 0 unspecified atom stereocenters. The highest BCUT2D eigenvalue weighted by Gasteiger charge is 1.91. The topological polar surface area (TPSA) is 24.8 Å². The number of aliphatic imine (C=N–C) groups is 1. The fourth-order valence-electron chi connectivity index (χ4n) is 0.592. The van der Waals surface area contributed by atoms with Gasteiger partial charge in [0.1, 0.15) is 5.76 Å². The van der Waals surface area contributed by atoms with E-state index in [2.05, 4.69) is 18.2 Å². The molecule has 13 heavy (non-hydrogen) atoms. The third-order valence-electron chi connectivity index (χ3n) is 1.06. The molecule has 0 saturated heterocycles. The molecule has 0 aliphatic rings. The lowest BCUT2D eigenvalue weighted by Crippen LogP contribution is -2.07. The van der Waals surface area contributed by atoms with Crippen molar-refractivity contribution < 1.29 is 4.74 Å². The molecular formula is C10H16N2O. The van der Waals surface area contributed by atoms with Crippen molar-refractivity contribution in [3.63, 3.8) is 0 Å². The molecule has 0 aromatic heterocycles. The molecule has 0 aliphatic carbocycles. The van der Waals surface area contributed by atoms with Gasteiger partial charge in [0.15, 0.2) is 0 Å². The van der Waals surface area contributed by atoms with Crippen molar-refractivity contribution in [3.8, 4) is 0 Å². The van der Waals surface area contributed by atoms with Gasteiger partial charge in [-0.3, -0.25) is 0 Å². The second-order valence-electron chi connectivity index (χ2n) is 2.72. The Morgan fingerprint density at radius 2 is 2.08 bits per heavy atom.